The van der Waals surface area contributed by atoms with E-state index >= 15 is 0 Å². The van der Waals surface area contributed by atoms with Crippen molar-refractivity contribution in [3.05, 3.63) is 17.8 Å². The number of aromatic nitrogens is 2. The number of terminal acetylenes is 1. The molecule has 1 aromatic carbocycles. The zero-order valence-corrected chi connectivity index (χ0v) is 13.3. The molecular formula is C18H22N4O. The summed E-state index contributed by atoms with van der Waals surface area (Å²) >= 11 is 0. The largest absolute Gasteiger partial charge is 0.397 e. The Morgan fingerprint density at radius 2 is 2.04 bits per heavy atom. The Bertz CT molecular complexity index is 761. The fourth-order valence-electron chi connectivity index (χ4n) is 3.66. The number of nitrogens with zero attached hydrogens (tertiary/aromatic N) is 3. The lowest BCUT2D eigenvalue weighted by Gasteiger charge is -2.24. The summed E-state index contributed by atoms with van der Waals surface area (Å²) in [4.78, 5) is 2.35. The fraction of sp³-hybridized carbons (Fsp3) is 0.500. The molecule has 23 heavy (non-hydrogen) atoms. The Morgan fingerprint density at radius 1 is 1.22 bits per heavy atom. The molecule has 5 nitrogen and oxygen atoms in total. The van der Waals surface area contributed by atoms with E-state index in [2.05, 4.69) is 22.0 Å². The highest BCUT2D eigenvalue weighted by atomic mass is 16.5. The predicted octanol–water partition coefficient (Wildman–Crippen LogP) is 2.90. The second-order valence-electron chi connectivity index (χ2n) is 6.38. The van der Waals surface area contributed by atoms with Gasteiger partial charge in [-0.2, -0.15) is 5.10 Å². The van der Waals surface area contributed by atoms with Gasteiger partial charge in [-0.3, -0.25) is 0 Å². The Labute approximate surface area is 136 Å². The molecule has 0 bridgehead atoms. The molecule has 1 atom stereocenters. The van der Waals surface area contributed by atoms with E-state index in [0.29, 0.717) is 5.69 Å². The first-order chi connectivity index (χ1) is 11.3. The van der Waals surface area contributed by atoms with Gasteiger partial charge in [-0.05, 0) is 50.2 Å². The van der Waals surface area contributed by atoms with E-state index in [9.17, 15) is 0 Å². The van der Waals surface area contributed by atoms with Crippen LogP contribution in [0, 0.1) is 12.3 Å². The topological polar surface area (TPSA) is 56.3 Å². The van der Waals surface area contributed by atoms with Gasteiger partial charge < -0.3 is 15.4 Å². The quantitative estimate of drug-likeness (QED) is 0.684. The molecule has 2 aromatic rings. The zero-order valence-electron chi connectivity index (χ0n) is 13.3. The number of hydrogen-bond donors (Lipinski definition) is 1. The highest BCUT2D eigenvalue weighted by Gasteiger charge is 2.23. The van der Waals surface area contributed by atoms with Crippen LogP contribution in [0.5, 0.6) is 0 Å². The SMILES string of the molecule is C#Cc1nn(C2CCCCO2)c2cc(N3CCCC3)c(N)cc12. The maximum atomic E-state index is 6.30. The zero-order chi connectivity index (χ0) is 15.8. The summed E-state index contributed by atoms with van der Waals surface area (Å²) in [6.07, 6.45) is 11.3. The van der Waals surface area contributed by atoms with Gasteiger partial charge in [-0.1, -0.05) is 0 Å². The maximum Gasteiger partial charge on any atom is 0.150 e. The Hall–Kier alpha value is -2.19. The average Bonchev–Trinajstić information content (AvgIpc) is 3.22. The summed E-state index contributed by atoms with van der Waals surface area (Å²) in [5.74, 6) is 2.69. The number of ether oxygens (including phenoxy) is 1. The van der Waals surface area contributed by atoms with Gasteiger partial charge in [0.1, 0.15) is 5.69 Å². The molecule has 2 saturated heterocycles. The van der Waals surface area contributed by atoms with Crippen LogP contribution in [0.3, 0.4) is 0 Å². The van der Waals surface area contributed by atoms with Gasteiger partial charge >= 0.3 is 0 Å². The van der Waals surface area contributed by atoms with Crippen molar-refractivity contribution in [1.29, 1.82) is 0 Å². The summed E-state index contributed by atoms with van der Waals surface area (Å²) in [5.41, 5.74) is 9.85. The molecule has 2 aliphatic heterocycles. The van der Waals surface area contributed by atoms with Gasteiger partial charge in [0, 0.05) is 25.1 Å². The second kappa shape index (κ2) is 5.78. The Balaban J connectivity index is 1.85. The van der Waals surface area contributed by atoms with Crippen LogP contribution in [0.2, 0.25) is 0 Å². The summed E-state index contributed by atoms with van der Waals surface area (Å²) in [7, 11) is 0. The molecule has 1 unspecified atom stereocenters. The molecule has 120 valence electrons. The lowest BCUT2D eigenvalue weighted by atomic mass is 10.1. The first-order valence-corrected chi connectivity index (χ1v) is 8.43. The minimum Gasteiger partial charge on any atom is -0.397 e. The number of nitrogen functional groups attached to an aromatic ring is 1. The van der Waals surface area contributed by atoms with E-state index in [1.165, 1.54) is 12.8 Å². The molecule has 0 saturated carbocycles. The van der Waals surface area contributed by atoms with Crippen LogP contribution in [0.15, 0.2) is 12.1 Å². The summed E-state index contributed by atoms with van der Waals surface area (Å²) in [5, 5.41) is 5.57. The van der Waals surface area contributed by atoms with Gasteiger partial charge in [0.25, 0.3) is 0 Å². The van der Waals surface area contributed by atoms with E-state index < -0.39 is 0 Å². The van der Waals surface area contributed by atoms with Gasteiger partial charge in [0.2, 0.25) is 0 Å². The molecule has 1 aromatic heterocycles. The first kappa shape index (κ1) is 14.4. The van der Waals surface area contributed by atoms with E-state index in [-0.39, 0.29) is 6.23 Å². The standard InChI is InChI=1S/C18H22N4O/c1-2-15-13-11-14(19)17(21-8-4-5-9-21)12-16(13)22(20-15)18-7-3-6-10-23-18/h1,11-12,18H,3-10,19H2. The van der Waals surface area contributed by atoms with Gasteiger partial charge in [-0.15, -0.1) is 6.42 Å². The monoisotopic (exact) mass is 310 g/mol. The maximum absolute atomic E-state index is 6.30. The van der Waals surface area contributed by atoms with Crippen molar-refractivity contribution in [2.24, 2.45) is 0 Å². The van der Waals surface area contributed by atoms with Crippen LogP contribution in [0.4, 0.5) is 11.4 Å². The number of hydrogen-bond acceptors (Lipinski definition) is 4. The Kier molecular flexibility index (Phi) is 3.62. The van der Waals surface area contributed by atoms with Crippen LogP contribution in [-0.4, -0.2) is 29.5 Å². The van der Waals surface area contributed by atoms with E-state index in [1.807, 2.05) is 10.7 Å². The van der Waals surface area contributed by atoms with E-state index in [0.717, 1.165) is 61.2 Å². The molecule has 0 spiro atoms. The van der Waals surface area contributed by atoms with Gasteiger partial charge in [-0.25, -0.2) is 4.68 Å². The van der Waals surface area contributed by atoms with Crippen LogP contribution < -0.4 is 10.6 Å². The van der Waals surface area contributed by atoms with E-state index in [1.54, 1.807) is 0 Å². The normalized spacial score (nSPS) is 21.7. The number of rotatable bonds is 2. The van der Waals surface area contributed by atoms with Crippen molar-refractivity contribution in [3.8, 4) is 12.3 Å². The van der Waals surface area contributed by atoms with Gasteiger partial charge in [0.05, 0.1) is 16.9 Å². The van der Waals surface area contributed by atoms with Crippen molar-refractivity contribution in [2.45, 2.75) is 38.3 Å². The van der Waals surface area contributed by atoms with Crippen molar-refractivity contribution >= 4 is 22.3 Å². The third-order valence-electron chi connectivity index (χ3n) is 4.87. The lowest BCUT2D eigenvalue weighted by molar-refractivity contribution is -0.0367. The molecule has 4 rings (SSSR count). The van der Waals surface area contributed by atoms with Crippen LogP contribution in [0.1, 0.15) is 44.0 Å². The molecule has 2 fully saturated rings. The predicted molar refractivity (Wildman–Crippen MR) is 92.4 cm³/mol. The van der Waals surface area contributed by atoms with Crippen LogP contribution in [-0.2, 0) is 4.74 Å². The second-order valence-corrected chi connectivity index (χ2v) is 6.38. The number of fused-ring (bicyclic) bond motifs is 1. The molecular weight excluding hydrogens is 288 g/mol. The number of benzene rings is 1. The third kappa shape index (κ3) is 2.43. The minimum atomic E-state index is -0.0246. The number of anilines is 2. The lowest BCUT2D eigenvalue weighted by Crippen LogP contribution is -2.20. The van der Waals surface area contributed by atoms with Crippen LogP contribution in [0.25, 0.3) is 10.9 Å². The smallest absolute Gasteiger partial charge is 0.150 e. The molecule has 0 amide bonds. The third-order valence-corrected chi connectivity index (χ3v) is 4.87. The van der Waals surface area contributed by atoms with Crippen molar-refractivity contribution in [3.63, 3.8) is 0 Å². The summed E-state index contributed by atoms with van der Waals surface area (Å²) < 4.78 is 7.87. The first-order valence-electron chi connectivity index (χ1n) is 8.43. The average molecular weight is 310 g/mol. The highest BCUT2D eigenvalue weighted by Crippen LogP contribution is 2.35. The molecule has 0 aliphatic carbocycles. The molecule has 2 N–H and O–H groups in total. The summed E-state index contributed by atoms with van der Waals surface area (Å²) in [6.45, 7) is 2.91. The van der Waals surface area contributed by atoms with Crippen molar-refractivity contribution < 1.29 is 4.74 Å². The van der Waals surface area contributed by atoms with E-state index in [4.69, 9.17) is 16.9 Å². The van der Waals surface area contributed by atoms with Gasteiger partial charge in [0.15, 0.2) is 6.23 Å². The highest BCUT2D eigenvalue weighted by molar-refractivity contribution is 5.93. The van der Waals surface area contributed by atoms with Crippen LogP contribution >= 0.6 is 0 Å². The number of nitrogens with two attached hydrogens (primary N) is 1. The fourth-order valence-corrected chi connectivity index (χ4v) is 3.66. The Morgan fingerprint density at radius 3 is 2.74 bits per heavy atom. The van der Waals surface area contributed by atoms with Crippen molar-refractivity contribution in [1.82, 2.24) is 9.78 Å². The minimum absolute atomic E-state index is 0.0246. The molecule has 5 heteroatoms. The van der Waals surface area contributed by atoms with Crippen molar-refractivity contribution in [2.75, 3.05) is 30.3 Å². The molecule has 0 radical (unpaired) electrons. The molecule has 3 heterocycles. The summed E-state index contributed by atoms with van der Waals surface area (Å²) in [6, 6.07) is 4.12. The molecule has 2 aliphatic rings.